The molecule has 1 aliphatic heterocycles. The normalized spacial score (nSPS) is 20.2. The second-order valence-corrected chi connectivity index (χ2v) is 6.07. The molecule has 0 saturated carbocycles. The maximum absolute atomic E-state index is 12.8. The smallest absolute Gasteiger partial charge is 0.254 e. The Kier molecular flexibility index (Phi) is 4.76. The first-order chi connectivity index (χ1) is 11.6. The van der Waals surface area contributed by atoms with Gasteiger partial charge in [0.15, 0.2) is 0 Å². The van der Waals surface area contributed by atoms with Crippen LogP contribution in [0.5, 0.6) is 5.75 Å². The standard InChI is InChI=1S/C18H21N3O3/c1-12-15(4-3-5-17(12)24-2)18(23)21-10-13(16(22)11-21)8-14-9-19-6-7-20-14/h3-7,9,13,16,22H,8,10-11H2,1-2H3. The van der Waals surface area contributed by atoms with Crippen molar-refractivity contribution >= 4 is 5.91 Å². The highest BCUT2D eigenvalue weighted by atomic mass is 16.5. The lowest BCUT2D eigenvalue weighted by Gasteiger charge is -2.18. The third-order valence-electron chi connectivity index (χ3n) is 4.52. The van der Waals surface area contributed by atoms with Gasteiger partial charge < -0.3 is 14.7 Å². The third-order valence-corrected chi connectivity index (χ3v) is 4.52. The first-order valence-corrected chi connectivity index (χ1v) is 7.96. The average molecular weight is 327 g/mol. The van der Waals surface area contributed by atoms with Crippen LogP contribution >= 0.6 is 0 Å². The predicted octanol–water partition coefficient (Wildman–Crippen LogP) is 1.47. The van der Waals surface area contributed by atoms with Gasteiger partial charge in [0.05, 0.1) is 18.9 Å². The number of aliphatic hydroxyl groups is 1. The zero-order valence-corrected chi connectivity index (χ0v) is 13.8. The molecular formula is C18H21N3O3. The molecule has 1 fully saturated rings. The van der Waals surface area contributed by atoms with Crippen LogP contribution in [0.4, 0.5) is 0 Å². The molecule has 1 aromatic heterocycles. The Morgan fingerprint density at radius 1 is 1.38 bits per heavy atom. The van der Waals surface area contributed by atoms with Crippen molar-refractivity contribution in [2.24, 2.45) is 5.92 Å². The number of aliphatic hydroxyl groups excluding tert-OH is 1. The minimum atomic E-state index is -0.554. The second-order valence-electron chi connectivity index (χ2n) is 6.07. The van der Waals surface area contributed by atoms with E-state index in [1.165, 1.54) is 0 Å². The van der Waals surface area contributed by atoms with Crippen LogP contribution in [0.1, 0.15) is 21.6 Å². The quantitative estimate of drug-likeness (QED) is 0.920. The molecule has 6 nitrogen and oxygen atoms in total. The van der Waals surface area contributed by atoms with Crippen LogP contribution in [-0.2, 0) is 6.42 Å². The minimum absolute atomic E-state index is 0.0310. The van der Waals surface area contributed by atoms with E-state index in [1.807, 2.05) is 19.1 Å². The van der Waals surface area contributed by atoms with Crippen molar-refractivity contribution in [2.75, 3.05) is 20.2 Å². The fourth-order valence-corrected chi connectivity index (χ4v) is 3.16. The molecule has 1 saturated heterocycles. The van der Waals surface area contributed by atoms with Gasteiger partial charge in [-0.05, 0) is 25.5 Å². The summed E-state index contributed by atoms with van der Waals surface area (Å²) in [4.78, 5) is 22.8. The number of amides is 1. The molecule has 6 heteroatoms. The van der Waals surface area contributed by atoms with Crippen LogP contribution < -0.4 is 4.74 Å². The number of benzene rings is 1. The maximum atomic E-state index is 12.8. The fraction of sp³-hybridized carbons (Fsp3) is 0.389. The van der Waals surface area contributed by atoms with Gasteiger partial charge >= 0.3 is 0 Å². The van der Waals surface area contributed by atoms with E-state index in [2.05, 4.69) is 9.97 Å². The summed E-state index contributed by atoms with van der Waals surface area (Å²) in [6.07, 6.45) is 5.01. The molecule has 1 amide bonds. The maximum Gasteiger partial charge on any atom is 0.254 e. The lowest BCUT2D eigenvalue weighted by atomic mass is 10.0. The molecule has 0 bridgehead atoms. The van der Waals surface area contributed by atoms with Crippen molar-refractivity contribution < 1.29 is 14.6 Å². The molecule has 0 spiro atoms. The fourth-order valence-electron chi connectivity index (χ4n) is 3.16. The number of nitrogens with zero attached hydrogens (tertiary/aromatic N) is 3. The van der Waals surface area contributed by atoms with Crippen molar-refractivity contribution in [1.29, 1.82) is 0 Å². The van der Waals surface area contributed by atoms with Gasteiger partial charge in [0.25, 0.3) is 5.91 Å². The molecule has 2 unspecified atom stereocenters. The highest BCUT2D eigenvalue weighted by Crippen LogP contribution is 2.26. The molecular weight excluding hydrogens is 306 g/mol. The summed E-state index contributed by atoms with van der Waals surface area (Å²) in [5.41, 5.74) is 2.26. The Bertz CT molecular complexity index is 721. The van der Waals surface area contributed by atoms with Gasteiger partial charge in [0.1, 0.15) is 5.75 Å². The van der Waals surface area contributed by atoms with E-state index in [4.69, 9.17) is 4.74 Å². The average Bonchev–Trinajstić information content (AvgIpc) is 2.96. The van der Waals surface area contributed by atoms with Crippen molar-refractivity contribution in [3.8, 4) is 5.75 Å². The van der Waals surface area contributed by atoms with Crippen LogP contribution in [0.15, 0.2) is 36.8 Å². The van der Waals surface area contributed by atoms with Gasteiger partial charge in [-0.1, -0.05) is 6.07 Å². The SMILES string of the molecule is COc1cccc(C(=O)N2CC(O)C(Cc3cnccn3)C2)c1C. The number of carbonyl (C=O) groups is 1. The van der Waals surface area contributed by atoms with Crippen molar-refractivity contribution in [2.45, 2.75) is 19.4 Å². The Morgan fingerprint density at radius 3 is 2.92 bits per heavy atom. The van der Waals surface area contributed by atoms with Crippen LogP contribution in [0, 0.1) is 12.8 Å². The molecule has 126 valence electrons. The number of hydrogen-bond acceptors (Lipinski definition) is 5. The molecule has 2 atom stereocenters. The Balaban J connectivity index is 1.73. The van der Waals surface area contributed by atoms with Crippen LogP contribution in [-0.4, -0.2) is 52.2 Å². The van der Waals surface area contributed by atoms with Gasteiger partial charge in [-0.15, -0.1) is 0 Å². The molecule has 3 rings (SSSR count). The van der Waals surface area contributed by atoms with Crippen LogP contribution in [0.25, 0.3) is 0 Å². The van der Waals surface area contributed by atoms with E-state index in [1.54, 1.807) is 36.7 Å². The number of methoxy groups -OCH3 is 1. The summed E-state index contributed by atoms with van der Waals surface area (Å²) >= 11 is 0. The summed E-state index contributed by atoms with van der Waals surface area (Å²) < 4.78 is 5.28. The minimum Gasteiger partial charge on any atom is -0.496 e. The topological polar surface area (TPSA) is 75.5 Å². The van der Waals surface area contributed by atoms with Crippen LogP contribution in [0.2, 0.25) is 0 Å². The zero-order chi connectivity index (χ0) is 17.1. The van der Waals surface area contributed by atoms with E-state index in [-0.39, 0.29) is 11.8 Å². The van der Waals surface area contributed by atoms with Gasteiger partial charge in [0, 0.05) is 48.7 Å². The second kappa shape index (κ2) is 6.97. The third kappa shape index (κ3) is 3.23. The number of β-amino-alcohol motifs (C(OH)–C–C–N with tert-alkyl or cyclic N) is 1. The number of ether oxygens (including phenoxy) is 1. The first kappa shape index (κ1) is 16.4. The van der Waals surface area contributed by atoms with Gasteiger partial charge in [-0.25, -0.2) is 0 Å². The monoisotopic (exact) mass is 327 g/mol. The molecule has 0 radical (unpaired) electrons. The van der Waals surface area contributed by atoms with Crippen molar-refractivity contribution in [3.63, 3.8) is 0 Å². The summed E-state index contributed by atoms with van der Waals surface area (Å²) in [7, 11) is 1.59. The molecule has 0 aliphatic carbocycles. The molecule has 24 heavy (non-hydrogen) atoms. The van der Waals surface area contributed by atoms with E-state index in [0.29, 0.717) is 30.8 Å². The van der Waals surface area contributed by atoms with Gasteiger partial charge in [-0.3, -0.25) is 14.8 Å². The van der Waals surface area contributed by atoms with Crippen LogP contribution in [0.3, 0.4) is 0 Å². The predicted molar refractivity (Wildman–Crippen MR) is 88.9 cm³/mol. The number of hydrogen-bond donors (Lipinski definition) is 1. The summed E-state index contributed by atoms with van der Waals surface area (Å²) in [6.45, 7) is 2.71. The highest BCUT2D eigenvalue weighted by molar-refractivity contribution is 5.96. The number of rotatable bonds is 4. The summed E-state index contributed by atoms with van der Waals surface area (Å²) in [6, 6.07) is 5.44. The van der Waals surface area contributed by atoms with Gasteiger partial charge in [0.2, 0.25) is 0 Å². The highest BCUT2D eigenvalue weighted by Gasteiger charge is 2.35. The largest absolute Gasteiger partial charge is 0.496 e. The molecule has 2 aromatic rings. The first-order valence-electron chi connectivity index (χ1n) is 7.96. The summed E-state index contributed by atoms with van der Waals surface area (Å²) in [5.74, 6) is 0.584. The Hall–Kier alpha value is -2.47. The lowest BCUT2D eigenvalue weighted by Crippen LogP contribution is -2.30. The zero-order valence-electron chi connectivity index (χ0n) is 13.8. The Morgan fingerprint density at radius 2 is 2.21 bits per heavy atom. The molecule has 1 aliphatic rings. The number of aromatic nitrogens is 2. The van der Waals surface area contributed by atoms with E-state index >= 15 is 0 Å². The van der Waals surface area contributed by atoms with Crippen molar-refractivity contribution in [3.05, 3.63) is 53.6 Å². The molecule has 1 aromatic carbocycles. The number of likely N-dealkylation sites (tertiary alicyclic amines) is 1. The van der Waals surface area contributed by atoms with Crippen molar-refractivity contribution in [1.82, 2.24) is 14.9 Å². The van der Waals surface area contributed by atoms with Gasteiger partial charge in [-0.2, -0.15) is 0 Å². The van der Waals surface area contributed by atoms with E-state index < -0.39 is 6.10 Å². The van der Waals surface area contributed by atoms with E-state index in [0.717, 1.165) is 11.3 Å². The lowest BCUT2D eigenvalue weighted by molar-refractivity contribution is 0.0763. The summed E-state index contributed by atoms with van der Waals surface area (Å²) in [5, 5.41) is 10.3. The molecule has 2 heterocycles. The van der Waals surface area contributed by atoms with E-state index in [9.17, 15) is 9.90 Å². The Labute approximate surface area is 141 Å². The number of carbonyl (C=O) groups excluding carboxylic acids is 1. The molecule has 1 N–H and O–H groups in total.